The fraction of sp³-hybridized carbons (Fsp3) is 1.00. The van der Waals surface area contributed by atoms with Gasteiger partial charge in [-0.05, 0) is 32.4 Å². The van der Waals surface area contributed by atoms with Gasteiger partial charge in [0, 0.05) is 6.54 Å². The van der Waals surface area contributed by atoms with E-state index in [1.54, 1.807) is 0 Å². The predicted molar refractivity (Wildman–Crippen MR) is 56.7 cm³/mol. The lowest BCUT2D eigenvalue weighted by Gasteiger charge is -2.08. The van der Waals surface area contributed by atoms with Gasteiger partial charge in [-0.25, -0.2) is 0 Å². The number of rotatable bonds is 9. The second-order valence-corrected chi connectivity index (χ2v) is 3.47. The van der Waals surface area contributed by atoms with E-state index in [2.05, 4.69) is 5.32 Å². The Morgan fingerprint density at radius 3 is 2.54 bits per heavy atom. The Morgan fingerprint density at radius 2 is 1.92 bits per heavy atom. The zero-order chi connectivity index (χ0) is 9.94. The lowest BCUT2D eigenvalue weighted by Crippen LogP contribution is -2.26. The van der Waals surface area contributed by atoms with Gasteiger partial charge < -0.3 is 16.2 Å². The maximum absolute atomic E-state index is 9.22. The molecular formula is C10H24N2O. The molecule has 0 aliphatic rings. The average Bonchev–Trinajstić information content (AvgIpc) is 2.16. The smallest absolute Gasteiger partial charge is 0.0662 e. The largest absolute Gasteiger partial charge is 0.392 e. The Hall–Kier alpha value is -0.120. The van der Waals surface area contributed by atoms with E-state index >= 15 is 0 Å². The minimum atomic E-state index is -0.177. The van der Waals surface area contributed by atoms with E-state index in [-0.39, 0.29) is 6.10 Å². The molecule has 0 spiro atoms. The Bertz CT molecular complexity index is 98.9. The second kappa shape index (κ2) is 9.96. The lowest BCUT2D eigenvalue weighted by molar-refractivity contribution is 0.167. The van der Waals surface area contributed by atoms with Gasteiger partial charge in [0.25, 0.3) is 0 Å². The molecule has 3 heteroatoms. The van der Waals surface area contributed by atoms with Crippen LogP contribution in [0.5, 0.6) is 0 Å². The van der Waals surface area contributed by atoms with E-state index in [0.29, 0.717) is 0 Å². The third kappa shape index (κ3) is 9.80. The molecule has 3 nitrogen and oxygen atoms in total. The number of hydrogen-bond donors (Lipinski definition) is 3. The van der Waals surface area contributed by atoms with Crippen LogP contribution < -0.4 is 11.1 Å². The highest BCUT2D eigenvalue weighted by Gasteiger charge is 1.97. The number of aliphatic hydroxyl groups is 1. The molecule has 0 bridgehead atoms. The molecule has 0 saturated heterocycles. The summed E-state index contributed by atoms with van der Waals surface area (Å²) in [5, 5.41) is 12.5. The van der Waals surface area contributed by atoms with Crippen molar-refractivity contribution in [1.82, 2.24) is 5.32 Å². The Balaban J connectivity index is 2.91. The molecule has 0 heterocycles. The van der Waals surface area contributed by atoms with Gasteiger partial charge in [-0.3, -0.25) is 0 Å². The number of nitrogens with one attached hydrogen (secondary N) is 1. The van der Waals surface area contributed by atoms with Gasteiger partial charge in [0.1, 0.15) is 0 Å². The highest BCUT2D eigenvalue weighted by molar-refractivity contribution is 4.56. The van der Waals surface area contributed by atoms with Crippen LogP contribution in [0.15, 0.2) is 0 Å². The summed E-state index contributed by atoms with van der Waals surface area (Å²) >= 11 is 0. The maximum Gasteiger partial charge on any atom is 0.0662 e. The van der Waals surface area contributed by atoms with E-state index < -0.39 is 0 Å². The first-order valence-electron chi connectivity index (χ1n) is 5.40. The summed E-state index contributed by atoms with van der Waals surface area (Å²) in [6.07, 6.45) is 5.46. The van der Waals surface area contributed by atoms with Gasteiger partial charge in [-0.2, -0.15) is 0 Å². The molecule has 0 fully saturated rings. The monoisotopic (exact) mass is 188 g/mol. The molecule has 0 radical (unpaired) electrons. The van der Waals surface area contributed by atoms with Gasteiger partial charge in [0.05, 0.1) is 6.10 Å². The van der Waals surface area contributed by atoms with Crippen molar-refractivity contribution in [1.29, 1.82) is 0 Å². The van der Waals surface area contributed by atoms with Crippen LogP contribution in [-0.4, -0.2) is 30.8 Å². The Morgan fingerprint density at radius 1 is 1.23 bits per heavy atom. The minimum Gasteiger partial charge on any atom is -0.392 e. The quantitative estimate of drug-likeness (QED) is 0.470. The predicted octanol–water partition coefficient (Wildman–Crippen LogP) is 0.866. The molecule has 1 atom stereocenters. The fourth-order valence-corrected chi connectivity index (χ4v) is 1.16. The van der Waals surface area contributed by atoms with E-state index in [4.69, 9.17) is 5.73 Å². The van der Waals surface area contributed by atoms with Crippen molar-refractivity contribution in [3.05, 3.63) is 0 Å². The van der Waals surface area contributed by atoms with Gasteiger partial charge in [0.15, 0.2) is 0 Å². The zero-order valence-corrected chi connectivity index (χ0v) is 8.76. The second-order valence-electron chi connectivity index (χ2n) is 3.47. The maximum atomic E-state index is 9.22. The summed E-state index contributed by atoms with van der Waals surface area (Å²) < 4.78 is 0. The van der Waals surface area contributed by atoms with Crippen molar-refractivity contribution in [2.45, 2.75) is 45.1 Å². The average molecular weight is 188 g/mol. The standard InChI is InChI=1S/C10H24N2O/c1-2-10(13)9-12-8-6-4-3-5-7-11/h10,12-13H,2-9,11H2,1H3. The van der Waals surface area contributed by atoms with Crippen LogP contribution in [-0.2, 0) is 0 Å². The van der Waals surface area contributed by atoms with Crippen LogP contribution in [0.3, 0.4) is 0 Å². The fourth-order valence-electron chi connectivity index (χ4n) is 1.16. The van der Waals surface area contributed by atoms with Crippen molar-refractivity contribution in [2.24, 2.45) is 5.73 Å². The third-order valence-electron chi connectivity index (χ3n) is 2.16. The number of aliphatic hydroxyl groups excluding tert-OH is 1. The van der Waals surface area contributed by atoms with Gasteiger partial charge >= 0.3 is 0 Å². The van der Waals surface area contributed by atoms with Crippen LogP contribution >= 0.6 is 0 Å². The molecule has 0 aromatic heterocycles. The molecule has 0 amide bonds. The summed E-state index contributed by atoms with van der Waals surface area (Å²) in [6, 6.07) is 0. The summed E-state index contributed by atoms with van der Waals surface area (Å²) in [5.41, 5.74) is 5.38. The Labute approximate surface area is 81.7 Å². The van der Waals surface area contributed by atoms with Crippen LogP contribution in [0, 0.1) is 0 Å². The van der Waals surface area contributed by atoms with Gasteiger partial charge in [-0.15, -0.1) is 0 Å². The van der Waals surface area contributed by atoms with Crippen molar-refractivity contribution in [3.63, 3.8) is 0 Å². The van der Waals surface area contributed by atoms with Crippen molar-refractivity contribution in [2.75, 3.05) is 19.6 Å². The summed E-state index contributed by atoms with van der Waals surface area (Å²) in [4.78, 5) is 0. The molecule has 1 unspecified atom stereocenters. The molecule has 0 rings (SSSR count). The zero-order valence-electron chi connectivity index (χ0n) is 8.76. The molecule has 0 aromatic rings. The highest BCUT2D eigenvalue weighted by atomic mass is 16.3. The van der Waals surface area contributed by atoms with E-state index in [9.17, 15) is 5.11 Å². The first-order valence-corrected chi connectivity index (χ1v) is 5.40. The summed E-state index contributed by atoms with van der Waals surface area (Å²) in [6.45, 7) is 4.55. The molecule has 13 heavy (non-hydrogen) atoms. The molecule has 0 aliphatic heterocycles. The van der Waals surface area contributed by atoms with Crippen LogP contribution in [0.25, 0.3) is 0 Å². The van der Waals surface area contributed by atoms with Crippen LogP contribution in [0.1, 0.15) is 39.0 Å². The lowest BCUT2D eigenvalue weighted by atomic mass is 10.2. The molecular weight excluding hydrogens is 164 g/mol. The van der Waals surface area contributed by atoms with E-state index in [1.165, 1.54) is 19.3 Å². The van der Waals surface area contributed by atoms with Crippen molar-refractivity contribution in [3.8, 4) is 0 Å². The molecule has 4 N–H and O–H groups in total. The first kappa shape index (κ1) is 12.9. The number of nitrogens with two attached hydrogens (primary N) is 1. The number of hydrogen-bond acceptors (Lipinski definition) is 3. The minimum absolute atomic E-state index is 0.177. The number of unbranched alkanes of at least 4 members (excludes halogenated alkanes) is 3. The van der Waals surface area contributed by atoms with Crippen molar-refractivity contribution >= 4 is 0 Å². The van der Waals surface area contributed by atoms with Gasteiger partial charge in [0.2, 0.25) is 0 Å². The third-order valence-corrected chi connectivity index (χ3v) is 2.16. The molecule has 0 aromatic carbocycles. The first-order chi connectivity index (χ1) is 6.31. The van der Waals surface area contributed by atoms with E-state index in [0.717, 1.165) is 32.5 Å². The highest BCUT2D eigenvalue weighted by Crippen LogP contribution is 1.97. The summed E-state index contributed by atoms with van der Waals surface area (Å²) in [5.74, 6) is 0. The molecule has 80 valence electrons. The van der Waals surface area contributed by atoms with Gasteiger partial charge in [-0.1, -0.05) is 19.8 Å². The van der Waals surface area contributed by atoms with Crippen molar-refractivity contribution < 1.29 is 5.11 Å². The topological polar surface area (TPSA) is 58.3 Å². The Kier molecular flexibility index (Phi) is 9.87. The normalized spacial score (nSPS) is 13.2. The SMILES string of the molecule is CCC(O)CNCCCCCCN. The molecule has 0 aliphatic carbocycles. The molecule has 0 saturated carbocycles. The summed E-state index contributed by atoms with van der Waals surface area (Å²) in [7, 11) is 0. The van der Waals surface area contributed by atoms with Crippen LogP contribution in [0.4, 0.5) is 0 Å². The van der Waals surface area contributed by atoms with E-state index in [1.807, 2.05) is 6.92 Å². The van der Waals surface area contributed by atoms with Crippen LogP contribution in [0.2, 0.25) is 0 Å².